The second-order valence-corrected chi connectivity index (χ2v) is 12.8. The van der Waals surface area contributed by atoms with Gasteiger partial charge in [0.15, 0.2) is 0 Å². The van der Waals surface area contributed by atoms with E-state index in [0.717, 1.165) is 48.2 Å². The van der Waals surface area contributed by atoms with Crippen LogP contribution < -0.4 is 4.74 Å². The van der Waals surface area contributed by atoms with Crippen LogP contribution in [0.15, 0.2) is 65.6 Å². The van der Waals surface area contributed by atoms with Crippen molar-refractivity contribution in [2.45, 2.75) is 63.1 Å². The number of hydrogen-bond donors (Lipinski definition) is 3. The quantitative estimate of drug-likeness (QED) is 0.318. The Bertz CT molecular complexity index is 1360. The van der Waals surface area contributed by atoms with Gasteiger partial charge in [-0.1, -0.05) is 55.5 Å². The number of para-hydroxylation sites is 1. The van der Waals surface area contributed by atoms with Crippen molar-refractivity contribution in [1.29, 1.82) is 0 Å². The van der Waals surface area contributed by atoms with Crippen LogP contribution in [-0.4, -0.2) is 55.6 Å². The minimum absolute atomic E-state index is 0.0187. The largest absolute Gasteiger partial charge is 0.487 e. The van der Waals surface area contributed by atoms with Crippen LogP contribution in [0.4, 0.5) is 0 Å². The summed E-state index contributed by atoms with van der Waals surface area (Å²) >= 11 is 0. The average molecular weight is 551 g/mol. The third-order valence-electron chi connectivity index (χ3n) is 8.00. The molecule has 5 rings (SSSR count). The van der Waals surface area contributed by atoms with E-state index < -0.39 is 16.7 Å². The van der Waals surface area contributed by atoms with E-state index in [1.54, 1.807) is 22.5 Å². The van der Waals surface area contributed by atoms with Gasteiger partial charge in [-0.3, -0.25) is 13.9 Å². The molecule has 0 saturated carbocycles. The van der Waals surface area contributed by atoms with Crippen molar-refractivity contribution >= 4 is 16.7 Å². The molecule has 2 aliphatic rings. The summed E-state index contributed by atoms with van der Waals surface area (Å²) in [6, 6.07) is 19.6. The van der Waals surface area contributed by atoms with Crippen molar-refractivity contribution in [3.05, 3.63) is 94.0 Å². The minimum atomic E-state index is -3.29. The smallest absolute Gasteiger partial charge is 0.304 e. The second-order valence-electron chi connectivity index (χ2n) is 10.8. The van der Waals surface area contributed by atoms with E-state index in [2.05, 4.69) is 30.1 Å². The number of carboxylic acids is 1. The lowest BCUT2D eigenvalue weighted by Gasteiger charge is -2.42. The lowest BCUT2D eigenvalue weighted by Crippen LogP contribution is -2.34. The predicted molar refractivity (Wildman–Crippen MR) is 154 cm³/mol. The molecule has 39 heavy (non-hydrogen) atoms. The standard InChI is InChI=1S/C31H38N2O5S/c1-4-27-20-33(39(36,37)30-8-6-5-7-29(30)38-27)19-25-15-23(10-9-21(25)2)28(17-31(34)35)24-12-11-22-13-14-32(3)18-26(22)16-24/h5-12,15-16,27-28,36-37H,4,13-14,17-20H2,1-3H3,(H,34,35)/t27-,28?/m1/s1. The fraction of sp³-hybridized carbons (Fsp3) is 0.387. The van der Waals surface area contributed by atoms with Gasteiger partial charge in [-0.15, -0.1) is 10.8 Å². The van der Waals surface area contributed by atoms with Gasteiger partial charge < -0.3 is 14.7 Å². The maximum Gasteiger partial charge on any atom is 0.304 e. The first kappa shape index (κ1) is 27.7. The molecule has 7 nitrogen and oxygen atoms in total. The maximum absolute atomic E-state index is 12.0. The number of rotatable bonds is 7. The average Bonchev–Trinajstić information content (AvgIpc) is 3.01. The molecule has 0 bridgehead atoms. The number of benzene rings is 3. The van der Waals surface area contributed by atoms with E-state index in [9.17, 15) is 19.0 Å². The molecule has 3 aromatic carbocycles. The molecule has 1 unspecified atom stereocenters. The third-order valence-corrected chi connectivity index (χ3v) is 9.92. The first-order valence-corrected chi connectivity index (χ1v) is 15.1. The van der Waals surface area contributed by atoms with E-state index in [1.807, 2.05) is 38.1 Å². The van der Waals surface area contributed by atoms with Crippen LogP contribution in [0.3, 0.4) is 0 Å². The van der Waals surface area contributed by atoms with Crippen LogP contribution in [0.25, 0.3) is 0 Å². The molecule has 2 aliphatic heterocycles. The van der Waals surface area contributed by atoms with Crippen molar-refractivity contribution in [3.63, 3.8) is 0 Å². The second kappa shape index (κ2) is 11.3. The summed E-state index contributed by atoms with van der Waals surface area (Å²) in [6.45, 7) is 6.60. The first-order chi connectivity index (χ1) is 18.7. The van der Waals surface area contributed by atoms with Crippen molar-refractivity contribution in [3.8, 4) is 5.75 Å². The lowest BCUT2D eigenvalue weighted by atomic mass is 9.84. The van der Waals surface area contributed by atoms with Crippen molar-refractivity contribution in [2.75, 3.05) is 20.1 Å². The molecule has 208 valence electrons. The van der Waals surface area contributed by atoms with Gasteiger partial charge in [0.05, 0.1) is 13.0 Å². The highest BCUT2D eigenvalue weighted by Crippen LogP contribution is 2.57. The van der Waals surface area contributed by atoms with E-state index in [-0.39, 0.29) is 18.4 Å². The van der Waals surface area contributed by atoms with Crippen LogP contribution in [0, 0.1) is 6.92 Å². The summed E-state index contributed by atoms with van der Waals surface area (Å²) in [6.07, 6.45) is 1.53. The Kier molecular flexibility index (Phi) is 8.03. The Morgan fingerprint density at radius 2 is 1.82 bits per heavy atom. The highest BCUT2D eigenvalue weighted by atomic mass is 32.3. The van der Waals surface area contributed by atoms with Gasteiger partial charge in [-0.25, -0.2) is 0 Å². The molecule has 8 heteroatoms. The van der Waals surface area contributed by atoms with Crippen LogP contribution >= 0.6 is 10.8 Å². The molecular formula is C31H38N2O5S. The van der Waals surface area contributed by atoms with E-state index in [0.29, 0.717) is 23.7 Å². The monoisotopic (exact) mass is 550 g/mol. The Morgan fingerprint density at radius 1 is 1.08 bits per heavy atom. The van der Waals surface area contributed by atoms with E-state index in [1.165, 1.54) is 11.1 Å². The van der Waals surface area contributed by atoms with Gasteiger partial charge in [-0.2, -0.15) is 4.31 Å². The third kappa shape index (κ3) is 5.85. The topological polar surface area (TPSA) is 93.5 Å². The zero-order chi connectivity index (χ0) is 27.7. The first-order valence-electron chi connectivity index (χ1n) is 13.6. The predicted octanol–water partition coefficient (Wildman–Crippen LogP) is 6.29. The van der Waals surface area contributed by atoms with Gasteiger partial charge in [0.2, 0.25) is 0 Å². The molecule has 0 saturated heterocycles. The van der Waals surface area contributed by atoms with Gasteiger partial charge >= 0.3 is 5.97 Å². The zero-order valence-electron chi connectivity index (χ0n) is 22.8. The van der Waals surface area contributed by atoms with Gasteiger partial charge in [0.1, 0.15) is 16.7 Å². The number of fused-ring (bicyclic) bond motifs is 2. The van der Waals surface area contributed by atoms with Crippen molar-refractivity contribution in [1.82, 2.24) is 9.21 Å². The van der Waals surface area contributed by atoms with Gasteiger partial charge in [-0.05, 0) is 72.3 Å². The molecule has 3 aromatic rings. The summed E-state index contributed by atoms with van der Waals surface area (Å²) in [5.74, 6) is -0.647. The minimum Gasteiger partial charge on any atom is -0.487 e. The number of hydrogen-bond acceptors (Lipinski definition) is 6. The van der Waals surface area contributed by atoms with Gasteiger partial charge in [0.25, 0.3) is 0 Å². The number of aryl methyl sites for hydroxylation is 1. The molecule has 0 spiro atoms. The normalized spacial score (nSPS) is 20.7. The summed E-state index contributed by atoms with van der Waals surface area (Å²) in [4.78, 5) is 14.7. The number of ether oxygens (including phenoxy) is 1. The lowest BCUT2D eigenvalue weighted by molar-refractivity contribution is -0.137. The number of nitrogens with zero attached hydrogens (tertiary/aromatic N) is 2. The molecule has 0 fully saturated rings. The SMILES string of the molecule is CC[C@@H]1CN(Cc2cc(C(CC(=O)O)c3ccc4c(c3)CN(C)CC4)ccc2C)S(O)(O)c2ccccc2O1. The molecule has 3 N–H and O–H groups in total. The highest BCUT2D eigenvalue weighted by Gasteiger charge is 2.35. The molecule has 0 aliphatic carbocycles. The fourth-order valence-corrected chi connectivity index (χ4v) is 7.25. The van der Waals surface area contributed by atoms with Crippen LogP contribution in [0.2, 0.25) is 0 Å². The Labute approximate surface area is 232 Å². The Morgan fingerprint density at radius 3 is 2.59 bits per heavy atom. The van der Waals surface area contributed by atoms with Crippen molar-refractivity contribution in [2.24, 2.45) is 0 Å². The Balaban J connectivity index is 1.50. The number of carbonyl (C=O) groups is 1. The van der Waals surface area contributed by atoms with Crippen LogP contribution in [0.5, 0.6) is 5.75 Å². The number of aliphatic carboxylic acids is 1. The highest BCUT2D eigenvalue weighted by molar-refractivity contribution is 8.22. The van der Waals surface area contributed by atoms with Gasteiger partial charge in [0, 0.05) is 25.6 Å². The van der Waals surface area contributed by atoms with Crippen LogP contribution in [-0.2, 0) is 24.3 Å². The molecule has 2 atom stereocenters. The Hall–Kier alpha value is -2.88. The molecule has 0 radical (unpaired) electrons. The number of likely N-dealkylation sites (N-methyl/N-ethyl adjacent to an activating group) is 1. The molecule has 0 amide bonds. The summed E-state index contributed by atoms with van der Waals surface area (Å²) in [7, 11) is -1.18. The summed E-state index contributed by atoms with van der Waals surface area (Å²) in [5.41, 5.74) is 6.45. The summed E-state index contributed by atoms with van der Waals surface area (Å²) in [5, 5.41) is 9.83. The maximum atomic E-state index is 12.0. The molecule has 0 aromatic heterocycles. The van der Waals surface area contributed by atoms with E-state index in [4.69, 9.17) is 4.74 Å². The fourth-order valence-electron chi connectivity index (χ4n) is 5.63. The summed E-state index contributed by atoms with van der Waals surface area (Å²) < 4.78 is 30.8. The van der Waals surface area contributed by atoms with E-state index >= 15 is 0 Å². The molecular weight excluding hydrogens is 512 g/mol. The van der Waals surface area contributed by atoms with Crippen molar-refractivity contribution < 1.29 is 23.7 Å². The number of carboxylic acid groups (broad SMARTS) is 1. The molecule has 2 heterocycles. The van der Waals surface area contributed by atoms with Crippen LogP contribution in [0.1, 0.15) is 59.1 Å². The zero-order valence-corrected chi connectivity index (χ0v) is 23.7.